The van der Waals surface area contributed by atoms with E-state index in [9.17, 15) is 8.78 Å². The van der Waals surface area contributed by atoms with Crippen molar-refractivity contribution < 1.29 is 8.78 Å². The Morgan fingerprint density at radius 1 is 1.44 bits per heavy atom. The van der Waals surface area contributed by atoms with E-state index >= 15 is 0 Å². The second kappa shape index (κ2) is 5.22. The molecular formula is C14H20F2N2. The zero-order chi connectivity index (χ0) is 13.2. The number of hydrogen-bond donors (Lipinski definition) is 2. The van der Waals surface area contributed by atoms with Crippen molar-refractivity contribution in [2.24, 2.45) is 5.92 Å². The first-order valence-electron chi connectivity index (χ1n) is 6.40. The van der Waals surface area contributed by atoms with Crippen LogP contribution in [-0.2, 0) is 5.67 Å². The van der Waals surface area contributed by atoms with E-state index in [4.69, 9.17) is 0 Å². The fourth-order valence-electron chi connectivity index (χ4n) is 2.17. The Morgan fingerprint density at radius 2 is 2.22 bits per heavy atom. The maximum Gasteiger partial charge on any atom is 0.146 e. The van der Waals surface area contributed by atoms with Gasteiger partial charge in [-0.2, -0.15) is 0 Å². The van der Waals surface area contributed by atoms with Gasteiger partial charge in [-0.25, -0.2) is 8.78 Å². The molecule has 0 bridgehead atoms. The zero-order valence-electron chi connectivity index (χ0n) is 10.9. The molecule has 2 nitrogen and oxygen atoms in total. The molecule has 1 aromatic rings. The first-order chi connectivity index (χ1) is 8.47. The molecule has 1 aromatic carbocycles. The molecule has 1 atom stereocenters. The van der Waals surface area contributed by atoms with Gasteiger partial charge in [-0.1, -0.05) is 6.07 Å². The van der Waals surface area contributed by atoms with Gasteiger partial charge >= 0.3 is 0 Å². The first kappa shape index (κ1) is 13.3. The molecule has 0 amide bonds. The SMILES string of the molecule is CC(C)(F)c1ccc(NCC2CCNC2)c(F)c1. The van der Waals surface area contributed by atoms with Gasteiger partial charge < -0.3 is 10.6 Å². The van der Waals surface area contributed by atoms with Crippen LogP contribution in [0.15, 0.2) is 18.2 Å². The molecule has 4 heteroatoms. The molecule has 1 fully saturated rings. The van der Waals surface area contributed by atoms with Gasteiger partial charge in [0, 0.05) is 6.54 Å². The highest BCUT2D eigenvalue weighted by Crippen LogP contribution is 2.27. The van der Waals surface area contributed by atoms with E-state index in [1.165, 1.54) is 19.9 Å². The number of benzene rings is 1. The van der Waals surface area contributed by atoms with Crippen LogP contribution in [0.25, 0.3) is 0 Å². The third-order valence-corrected chi connectivity index (χ3v) is 3.40. The lowest BCUT2D eigenvalue weighted by atomic mass is 9.99. The minimum absolute atomic E-state index is 0.369. The monoisotopic (exact) mass is 254 g/mol. The summed E-state index contributed by atoms with van der Waals surface area (Å²) in [5.41, 5.74) is -0.683. The van der Waals surface area contributed by atoms with E-state index in [0.717, 1.165) is 26.1 Å². The van der Waals surface area contributed by atoms with E-state index in [-0.39, 0.29) is 5.82 Å². The number of hydrogen-bond acceptors (Lipinski definition) is 2. The third kappa shape index (κ3) is 3.19. The lowest BCUT2D eigenvalue weighted by molar-refractivity contribution is 0.221. The molecule has 100 valence electrons. The molecule has 2 N–H and O–H groups in total. The Kier molecular flexibility index (Phi) is 3.85. The van der Waals surface area contributed by atoms with Crippen LogP contribution in [-0.4, -0.2) is 19.6 Å². The first-order valence-corrected chi connectivity index (χ1v) is 6.40. The average molecular weight is 254 g/mol. The van der Waals surface area contributed by atoms with Gasteiger partial charge in [0.15, 0.2) is 0 Å². The van der Waals surface area contributed by atoms with E-state index in [1.54, 1.807) is 12.1 Å². The maximum absolute atomic E-state index is 13.8. The summed E-state index contributed by atoms with van der Waals surface area (Å²) in [7, 11) is 0. The van der Waals surface area contributed by atoms with Crippen molar-refractivity contribution in [2.45, 2.75) is 25.9 Å². The van der Waals surface area contributed by atoms with E-state index in [2.05, 4.69) is 10.6 Å². The summed E-state index contributed by atoms with van der Waals surface area (Å²) in [5.74, 6) is 0.158. The number of nitrogens with one attached hydrogen (secondary N) is 2. The number of halogens is 2. The quantitative estimate of drug-likeness (QED) is 0.863. The Labute approximate surface area is 107 Å². The van der Waals surface area contributed by atoms with Crippen molar-refractivity contribution in [1.82, 2.24) is 5.32 Å². The predicted molar refractivity (Wildman–Crippen MR) is 70.0 cm³/mol. The van der Waals surface area contributed by atoms with Crippen LogP contribution in [0, 0.1) is 11.7 Å². The predicted octanol–water partition coefficient (Wildman–Crippen LogP) is 3.05. The van der Waals surface area contributed by atoms with Gasteiger partial charge in [-0.15, -0.1) is 0 Å². The minimum Gasteiger partial charge on any atom is -0.382 e. The van der Waals surface area contributed by atoms with Crippen LogP contribution < -0.4 is 10.6 Å². The van der Waals surface area contributed by atoms with E-state index < -0.39 is 5.67 Å². The third-order valence-electron chi connectivity index (χ3n) is 3.40. The molecule has 0 aliphatic carbocycles. The Balaban J connectivity index is 2.01. The van der Waals surface area contributed by atoms with Gasteiger partial charge in [0.1, 0.15) is 11.5 Å². The Morgan fingerprint density at radius 3 is 2.78 bits per heavy atom. The molecular weight excluding hydrogens is 234 g/mol. The van der Waals surface area contributed by atoms with E-state index in [1.807, 2.05) is 0 Å². The van der Waals surface area contributed by atoms with Gasteiger partial charge in [0.05, 0.1) is 5.69 Å². The van der Waals surface area contributed by atoms with Crippen LogP contribution in [0.5, 0.6) is 0 Å². The summed E-state index contributed by atoms with van der Waals surface area (Å²) in [4.78, 5) is 0. The van der Waals surface area contributed by atoms with Gasteiger partial charge in [0.25, 0.3) is 0 Å². The van der Waals surface area contributed by atoms with E-state index in [0.29, 0.717) is 17.2 Å². The summed E-state index contributed by atoms with van der Waals surface area (Å²) >= 11 is 0. The molecule has 2 rings (SSSR count). The fraction of sp³-hybridized carbons (Fsp3) is 0.571. The molecule has 0 aromatic heterocycles. The summed E-state index contributed by atoms with van der Waals surface area (Å²) in [5, 5.41) is 6.36. The molecule has 1 aliphatic heterocycles. The standard InChI is InChI=1S/C14H20F2N2/c1-14(2,16)11-3-4-13(12(15)7-11)18-9-10-5-6-17-8-10/h3-4,7,10,17-18H,5-6,8-9H2,1-2H3. The van der Waals surface area contributed by atoms with Crippen molar-refractivity contribution in [2.75, 3.05) is 25.0 Å². The largest absolute Gasteiger partial charge is 0.382 e. The van der Waals surface area contributed by atoms with Crippen molar-refractivity contribution >= 4 is 5.69 Å². The number of anilines is 1. The second-order valence-corrected chi connectivity index (χ2v) is 5.41. The molecule has 18 heavy (non-hydrogen) atoms. The van der Waals surface area contributed by atoms with Crippen LogP contribution in [0.1, 0.15) is 25.8 Å². The van der Waals surface area contributed by atoms with Gasteiger partial charge in [-0.3, -0.25) is 0 Å². The molecule has 1 unspecified atom stereocenters. The topological polar surface area (TPSA) is 24.1 Å². The Hall–Kier alpha value is -1.16. The lowest BCUT2D eigenvalue weighted by Gasteiger charge is -2.17. The van der Waals surface area contributed by atoms with Crippen LogP contribution in [0.3, 0.4) is 0 Å². The van der Waals surface area contributed by atoms with Crippen molar-refractivity contribution in [3.05, 3.63) is 29.6 Å². The molecule has 0 spiro atoms. The summed E-state index contributed by atoms with van der Waals surface area (Å²) in [6.07, 6.45) is 1.12. The average Bonchev–Trinajstić information content (AvgIpc) is 2.79. The summed E-state index contributed by atoms with van der Waals surface area (Å²) in [6.45, 7) is 5.62. The molecule has 1 aliphatic rings. The lowest BCUT2D eigenvalue weighted by Crippen LogP contribution is -2.18. The molecule has 0 saturated carbocycles. The highest BCUT2D eigenvalue weighted by Gasteiger charge is 2.20. The highest BCUT2D eigenvalue weighted by atomic mass is 19.1. The Bertz CT molecular complexity index is 407. The maximum atomic E-state index is 13.8. The molecule has 1 saturated heterocycles. The minimum atomic E-state index is -1.51. The number of rotatable bonds is 4. The fourth-order valence-corrected chi connectivity index (χ4v) is 2.17. The van der Waals surface area contributed by atoms with Gasteiger partial charge in [0.2, 0.25) is 0 Å². The van der Waals surface area contributed by atoms with Gasteiger partial charge in [-0.05, 0) is 57.0 Å². The molecule has 1 heterocycles. The van der Waals surface area contributed by atoms with Crippen LogP contribution >= 0.6 is 0 Å². The van der Waals surface area contributed by atoms with Crippen molar-refractivity contribution in [3.8, 4) is 0 Å². The molecule has 0 radical (unpaired) electrons. The summed E-state index contributed by atoms with van der Waals surface area (Å²) in [6, 6.07) is 4.53. The number of alkyl halides is 1. The van der Waals surface area contributed by atoms with Crippen LogP contribution in [0.4, 0.5) is 14.5 Å². The van der Waals surface area contributed by atoms with Crippen molar-refractivity contribution in [3.63, 3.8) is 0 Å². The zero-order valence-corrected chi connectivity index (χ0v) is 10.9. The normalized spacial score (nSPS) is 20.1. The second-order valence-electron chi connectivity index (χ2n) is 5.41. The highest BCUT2D eigenvalue weighted by molar-refractivity contribution is 5.47. The van der Waals surface area contributed by atoms with Crippen LogP contribution in [0.2, 0.25) is 0 Å². The summed E-state index contributed by atoms with van der Waals surface area (Å²) < 4.78 is 27.5. The van der Waals surface area contributed by atoms with Crippen molar-refractivity contribution in [1.29, 1.82) is 0 Å². The smallest absolute Gasteiger partial charge is 0.146 e.